The summed E-state index contributed by atoms with van der Waals surface area (Å²) >= 11 is 0. The highest BCUT2D eigenvalue weighted by Crippen LogP contribution is 2.06. The average molecular weight is 190 g/mol. The molecular weight excluding hydrogens is 180 g/mol. The quantitative estimate of drug-likeness (QED) is 0.535. The van der Waals surface area contributed by atoms with Crippen molar-refractivity contribution in [2.45, 2.75) is 0 Å². The van der Waals surface area contributed by atoms with E-state index in [0.717, 1.165) is 25.5 Å². The number of nitrogens with zero attached hydrogens (tertiary/aromatic N) is 1. The highest BCUT2D eigenvalue weighted by molar-refractivity contribution is 5.48. The van der Waals surface area contributed by atoms with Crippen molar-refractivity contribution in [1.82, 2.24) is 10.2 Å². The topological polar surface area (TPSA) is 45.5 Å². The van der Waals surface area contributed by atoms with E-state index in [9.17, 15) is 4.79 Å². The third-order valence-electron chi connectivity index (χ3n) is 2.64. The van der Waals surface area contributed by atoms with Crippen molar-refractivity contribution < 1.29 is 4.42 Å². The first kappa shape index (κ1) is 7.67. The van der Waals surface area contributed by atoms with Gasteiger partial charge in [-0.15, -0.1) is 0 Å². The monoisotopic (exact) mass is 190 g/mol. The van der Waals surface area contributed by atoms with Crippen molar-refractivity contribution in [1.29, 1.82) is 0 Å². The van der Waals surface area contributed by atoms with E-state index in [4.69, 9.17) is 4.42 Å². The molecule has 1 N–H and O–H groups in total. The molecule has 0 radical (unpaired) electrons. The second-order valence-corrected chi connectivity index (χ2v) is 3.45. The van der Waals surface area contributed by atoms with Gasteiger partial charge in [-0.3, -0.25) is 4.79 Å². The summed E-state index contributed by atoms with van der Waals surface area (Å²) in [5.74, 6) is 0.959. The van der Waals surface area contributed by atoms with Crippen LogP contribution < -0.4 is 21.4 Å². The van der Waals surface area contributed by atoms with Gasteiger partial charge in [0.05, 0.1) is 11.5 Å². The highest BCUT2D eigenvalue weighted by atomic mass is 16.3. The number of hydrogen-bond acceptors (Lipinski definition) is 4. The van der Waals surface area contributed by atoms with E-state index in [1.54, 1.807) is 0 Å². The zero-order valence-electron chi connectivity index (χ0n) is 7.62. The summed E-state index contributed by atoms with van der Waals surface area (Å²) in [6.07, 6.45) is 3.38. The van der Waals surface area contributed by atoms with Gasteiger partial charge in [-0.05, 0) is 0 Å². The van der Waals surface area contributed by atoms with E-state index in [1.807, 2.05) is 6.08 Å². The van der Waals surface area contributed by atoms with Crippen LogP contribution in [0.1, 0.15) is 0 Å². The summed E-state index contributed by atoms with van der Waals surface area (Å²) in [5, 5.41) is 3.92. The molecule has 0 unspecified atom stereocenters. The Labute approximate surface area is 80.1 Å². The summed E-state index contributed by atoms with van der Waals surface area (Å²) in [4.78, 5) is 13.7. The van der Waals surface area contributed by atoms with E-state index < -0.39 is 0 Å². The predicted molar refractivity (Wildman–Crippen MR) is 51.7 cm³/mol. The Kier molecular flexibility index (Phi) is 1.45. The minimum absolute atomic E-state index is 0.0344. The lowest BCUT2D eigenvalue weighted by molar-refractivity contribution is 0.445. The van der Waals surface area contributed by atoms with Gasteiger partial charge in [0.25, 0.3) is 0 Å². The fourth-order valence-corrected chi connectivity index (χ4v) is 1.95. The molecule has 1 fully saturated rings. The van der Waals surface area contributed by atoms with Gasteiger partial charge < -0.3 is 14.6 Å². The molecule has 2 aliphatic heterocycles. The summed E-state index contributed by atoms with van der Waals surface area (Å²) in [5.41, 5.74) is 0.716. The van der Waals surface area contributed by atoms with E-state index in [2.05, 4.69) is 10.2 Å². The smallest absolute Gasteiger partial charge is 0.192 e. The Bertz CT molecular complexity index is 544. The average Bonchev–Trinajstić information content (AvgIpc) is 2.66. The van der Waals surface area contributed by atoms with Crippen LogP contribution in [0, 0.1) is 0 Å². The Hall–Kier alpha value is -1.71. The molecule has 0 saturated carbocycles. The molecule has 0 atom stereocenters. The summed E-state index contributed by atoms with van der Waals surface area (Å²) in [6.45, 7) is 2.69. The zero-order valence-corrected chi connectivity index (χ0v) is 7.62. The molecule has 4 heteroatoms. The molecule has 0 aromatic carbocycles. The van der Waals surface area contributed by atoms with Crippen molar-refractivity contribution >= 4 is 11.9 Å². The molecule has 0 aliphatic carbocycles. The first-order chi connectivity index (χ1) is 6.86. The summed E-state index contributed by atoms with van der Waals surface area (Å²) in [6, 6.07) is 1.46. The molecule has 2 aliphatic rings. The minimum atomic E-state index is 0.0344. The van der Waals surface area contributed by atoms with Gasteiger partial charge in [0, 0.05) is 25.7 Å². The first-order valence-corrected chi connectivity index (χ1v) is 4.67. The van der Waals surface area contributed by atoms with E-state index in [-0.39, 0.29) is 5.43 Å². The van der Waals surface area contributed by atoms with Crippen molar-refractivity contribution in [2.24, 2.45) is 0 Å². The highest BCUT2D eigenvalue weighted by Gasteiger charge is 2.20. The molecule has 0 bridgehead atoms. The molecule has 4 nitrogen and oxygen atoms in total. The predicted octanol–water partition coefficient (Wildman–Crippen LogP) is -1.60. The third kappa shape index (κ3) is 0.907. The Balaban J connectivity index is 2.46. The molecule has 1 saturated heterocycles. The van der Waals surface area contributed by atoms with Gasteiger partial charge in [0.15, 0.2) is 10.8 Å². The lowest BCUT2D eigenvalue weighted by Gasteiger charge is -2.18. The van der Waals surface area contributed by atoms with Crippen LogP contribution in [0.25, 0.3) is 11.9 Å². The molecular formula is C10H10N2O2. The fourth-order valence-electron chi connectivity index (χ4n) is 1.95. The molecule has 0 spiro atoms. The van der Waals surface area contributed by atoms with Crippen LogP contribution in [-0.4, -0.2) is 24.5 Å². The number of rotatable bonds is 0. The Morgan fingerprint density at radius 3 is 3.36 bits per heavy atom. The maximum Gasteiger partial charge on any atom is 0.192 e. The third-order valence-corrected chi connectivity index (χ3v) is 2.64. The molecule has 1 aromatic heterocycles. The summed E-state index contributed by atoms with van der Waals surface area (Å²) in [7, 11) is 0. The van der Waals surface area contributed by atoms with Crippen molar-refractivity contribution in [2.75, 3.05) is 19.6 Å². The Morgan fingerprint density at radius 1 is 1.50 bits per heavy atom. The van der Waals surface area contributed by atoms with Crippen LogP contribution in [0.3, 0.4) is 0 Å². The SMILES string of the molecule is O=c1ccoc2c1=CCN1CCNC=21. The van der Waals surface area contributed by atoms with Gasteiger partial charge in [-0.25, -0.2) is 0 Å². The van der Waals surface area contributed by atoms with E-state index >= 15 is 0 Å². The van der Waals surface area contributed by atoms with Crippen LogP contribution in [0.5, 0.6) is 0 Å². The number of hydrogen-bond donors (Lipinski definition) is 1. The van der Waals surface area contributed by atoms with Crippen LogP contribution in [0.2, 0.25) is 0 Å². The first-order valence-electron chi connectivity index (χ1n) is 4.67. The minimum Gasteiger partial charge on any atom is -0.460 e. The number of nitrogens with one attached hydrogen (secondary N) is 1. The molecule has 14 heavy (non-hydrogen) atoms. The van der Waals surface area contributed by atoms with Gasteiger partial charge in [-0.1, -0.05) is 6.08 Å². The second-order valence-electron chi connectivity index (χ2n) is 3.45. The largest absolute Gasteiger partial charge is 0.460 e. The van der Waals surface area contributed by atoms with Crippen molar-refractivity contribution in [3.8, 4) is 0 Å². The lowest BCUT2D eigenvalue weighted by atomic mass is 10.2. The molecule has 3 rings (SSSR count). The van der Waals surface area contributed by atoms with E-state index in [0.29, 0.717) is 10.6 Å². The Morgan fingerprint density at radius 2 is 2.43 bits per heavy atom. The van der Waals surface area contributed by atoms with E-state index in [1.165, 1.54) is 12.3 Å². The second kappa shape index (κ2) is 2.64. The summed E-state index contributed by atoms with van der Waals surface area (Å²) < 4.78 is 5.37. The molecule has 3 heterocycles. The maximum absolute atomic E-state index is 11.5. The van der Waals surface area contributed by atoms with Crippen molar-refractivity contribution in [3.05, 3.63) is 33.2 Å². The standard InChI is InChI=1S/C10H10N2O2/c13-8-2-6-14-9-7(8)1-4-12-5-3-11-10(9)12/h1-2,6,11H,3-5H2. The van der Waals surface area contributed by atoms with Gasteiger partial charge in [0.1, 0.15) is 5.82 Å². The van der Waals surface area contributed by atoms with Crippen LogP contribution in [-0.2, 0) is 0 Å². The lowest BCUT2D eigenvalue weighted by Crippen LogP contribution is -2.46. The van der Waals surface area contributed by atoms with Crippen LogP contribution in [0.4, 0.5) is 0 Å². The maximum atomic E-state index is 11.5. The van der Waals surface area contributed by atoms with Gasteiger partial charge in [0.2, 0.25) is 0 Å². The van der Waals surface area contributed by atoms with Crippen LogP contribution in [0.15, 0.2) is 21.5 Å². The molecule has 72 valence electrons. The van der Waals surface area contributed by atoms with Gasteiger partial charge in [-0.2, -0.15) is 0 Å². The molecule has 1 aromatic rings. The van der Waals surface area contributed by atoms with Gasteiger partial charge >= 0.3 is 0 Å². The molecule has 0 amide bonds. The van der Waals surface area contributed by atoms with Crippen molar-refractivity contribution in [3.63, 3.8) is 0 Å². The number of fused-ring (bicyclic) bond motifs is 2. The normalized spacial score (nSPS) is 18.3. The fraction of sp³-hybridized carbons (Fsp3) is 0.300. The van der Waals surface area contributed by atoms with Crippen LogP contribution >= 0.6 is 0 Å². The zero-order chi connectivity index (χ0) is 9.54.